The molecule has 1 heterocycles. The Morgan fingerprint density at radius 3 is 2.85 bits per heavy atom. The minimum absolute atomic E-state index is 0.0455. The van der Waals surface area contributed by atoms with Gasteiger partial charge in [-0.2, -0.15) is 5.10 Å². The van der Waals surface area contributed by atoms with Gasteiger partial charge in [-0.3, -0.25) is 9.89 Å². The molecule has 5 nitrogen and oxygen atoms in total. The number of rotatable bonds is 6. The number of anilines is 1. The molecule has 1 saturated carbocycles. The molecule has 0 aliphatic heterocycles. The second-order valence-electron chi connectivity index (χ2n) is 7.27. The highest BCUT2D eigenvalue weighted by molar-refractivity contribution is 6.00. The van der Waals surface area contributed by atoms with Gasteiger partial charge in [0, 0.05) is 17.4 Å². The molecule has 27 heavy (non-hydrogen) atoms. The van der Waals surface area contributed by atoms with Gasteiger partial charge >= 0.3 is 0 Å². The smallest absolute Gasteiger partial charge is 0.225 e. The highest BCUT2D eigenvalue weighted by Gasteiger charge is 2.17. The number of ether oxygens (including phenoxy) is 1. The first-order valence-corrected chi connectivity index (χ1v) is 9.66. The van der Waals surface area contributed by atoms with Crippen molar-refractivity contribution in [3.8, 4) is 16.9 Å². The van der Waals surface area contributed by atoms with Crippen LogP contribution in [0, 0.1) is 5.92 Å². The van der Waals surface area contributed by atoms with Crippen molar-refractivity contribution in [2.24, 2.45) is 5.92 Å². The molecule has 4 rings (SSSR count). The van der Waals surface area contributed by atoms with Crippen molar-refractivity contribution in [2.45, 2.75) is 38.5 Å². The Balaban J connectivity index is 1.49. The summed E-state index contributed by atoms with van der Waals surface area (Å²) in [5, 5.41) is 11.2. The highest BCUT2D eigenvalue weighted by Crippen LogP contribution is 2.33. The topological polar surface area (TPSA) is 67.0 Å². The maximum absolute atomic E-state index is 12.3. The number of hydrogen-bond acceptors (Lipinski definition) is 3. The first-order chi connectivity index (χ1) is 13.2. The Kier molecular flexibility index (Phi) is 5.10. The molecule has 5 heteroatoms. The largest absolute Gasteiger partial charge is 0.496 e. The van der Waals surface area contributed by atoms with E-state index in [0.29, 0.717) is 12.2 Å². The molecule has 0 saturated heterocycles. The summed E-state index contributed by atoms with van der Waals surface area (Å²) < 4.78 is 5.46. The van der Waals surface area contributed by atoms with E-state index < -0.39 is 0 Å². The normalized spacial score (nSPS) is 14.6. The van der Waals surface area contributed by atoms with Gasteiger partial charge in [-0.15, -0.1) is 0 Å². The van der Waals surface area contributed by atoms with Gasteiger partial charge in [0.2, 0.25) is 5.91 Å². The molecule has 140 valence electrons. The van der Waals surface area contributed by atoms with Gasteiger partial charge in [0.05, 0.1) is 12.6 Å². The summed E-state index contributed by atoms with van der Waals surface area (Å²) in [6.07, 6.45) is 6.70. The van der Waals surface area contributed by atoms with E-state index in [-0.39, 0.29) is 5.91 Å². The van der Waals surface area contributed by atoms with Crippen molar-refractivity contribution in [2.75, 3.05) is 12.4 Å². The number of aromatic amines is 1. The number of nitrogens with zero attached hydrogens (tertiary/aromatic N) is 1. The monoisotopic (exact) mass is 363 g/mol. The van der Waals surface area contributed by atoms with Gasteiger partial charge < -0.3 is 10.1 Å². The van der Waals surface area contributed by atoms with Gasteiger partial charge in [0.15, 0.2) is 5.82 Å². The summed E-state index contributed by atoms with van der Waals surface area (Å²) in [6, 6.07) is 14.0. The molecular formula is C22H25N3O2. The van der Waals surface area contributed by atoms with E-state index in [2.05, 4.69) is 15.5 Å². The number of fused-ring (bicyclic) bond motifs is 1. The van der Waals surface area contributed by atoms with E-state index in [0.717, 1.165) is 40.1 Å². The fourth-order valence-corrected chi connectivity index (χ4v) is 3.99. The van der Waals surface area contributed by atoms with Crippen molar-refractivity contribution in [1.82, 2.24) is 10.2 Å². The van der Waals surface area contributed by atoms with Crippen LogP contribution in [0.2, 0.25) is 0 Å². The van der Waals surface area contributed by atoms with E-state index >= 15 is 0 Å². The maximum atomic E-state index is 12.3. The number of carbonyl (C=O) groups excluding carboxylic acids is 1. The number of nitrogens with one attached hydrogen (secondary N) is 2. The summed E-state index contributed by atoms with van der Waals surface area (Å²) in [5.41, 5.74) is 2.96. The van der Waals surface area contributed by atoms with Gasteiger partial charge in [-0.1, -0.05) is 49.9 Å². The molecule has 0 radical (unpaired) electrons. The van der Waals surface area contributed by atoms with Crippen LogP contribution in [-0.2, 0) is 4.79 Å². The molecule has 1 fully saturated rings. The maximum Gasteiger partial charge on any atom is 0.225 e. The third-order valence-electron chi connectivity index (χ3n) is 5.49. The number of carbonyl (C=O) groups is 1. The first-order valence-electron chi connectivity index (χ1n) is 9.66. The molecule has 2 N–H and O–H groups in total. The SMILES string of the molecule is COc1ccccc1-c1ccc2c(NC(=O)CCC3CCCC3)n[nH]c2c1. The first kappa shape index (κ1) is 17.6. The number of amides is 1. The average molecular weight is 363 g/mol. The Hall–Kier alpha value is -2.82. The summed E-state index contributed by atoms with van der Waals surface area (Å²) in [5.74, 6) is 2.20. The zero-order valence-corrected chi connectivity index (χ0v) is 15.6. The summed E-state index contributed by atoms with van der Waals surface area (Å²) in [6.45, 7) is 0. The number of methoxy groups -OCH3 is 1. The molecule has 1 aliphatic rings. The van der Waals surface area contributed by atoms with Crippen LogP contribution in [0.5, 0.6) is 5.75 Å². The van der Waals surface area contributed by atoms with Crippen LogP contribution in [0.15, 0.2) is 42.5 Å². The van der Waals surface area contributed by atoms with Crippen molar-refractivity contribution in [1.29, 1.82) is 0 Å². The highest BCUT2D eigenvalue weighted by atomic mass is 16.5. The predicted octanol–water partition coefficient (Wildman–Crippen LogP) is 5.15. The lowest BCUT2D eigenvalue weighted by atomic mass is 10.0. The summed E-state index contributed by atoms with van der Waals surface area (Å²) in [4.78, 5) is 12.3. The van der Waals surface area contributed by atoms with Gasteiger partial charge in [-0.05, 0) is 36.1 Å². The number of H-pyrrole nitrogens is 1. The Morgan fingerprint density at radius 2 is 2.04 bits per heavy atom. The number of benzene rings is 2. The number of para-hydroxylation sites is 1. The van der Waals surface area contributed by atoms with Gasteiger partial charge in [0.1, 0.15) is 5.75 Å². The lowest BCUT2D eigenvalue weighted by Gasteiger charge is -2.09. The second-order valence-corrected chi connectivity index (χ2v) is 7.27. The van der Waals surface area contributed by atoms with Gasteiger partial charge in [0.25, 0.3) is 0 Å². The molecule has 0 spiro atoms. The third kappa shape index (κ3) is 3.82. The number of hydrogen-bond donors (Lipinski definition) is 2. The quantitative estimate of drug-likeness (QED) is 0.636. The zero-order valence-electron chi connectivity index (χ0n) is 15.6. The minimum Gasteiger partial charge on any atom is -0.496 e. The van der Waals surface area contributed by atoms with Crippen LogP contribution in [0.25, 0.3) is 22.0 Å². The Morgan fingerprint density at radius 1 is 1.22 bits per heavy atom. The van der Waals surface area contributed by atoms with Crippen molar-refractivity contribution < 1.29 is 9.53 Å². The molecule has 2 aromatic carbocycles. The molecule has 1 amide bonds. The van der Waals surface area contributed by atoms with E-state index in [1.54, 1.807) is 7.11 Å². The van der Waals surface area contributed by atoms with Crippen LogP contribution in [0.1, 0.15) is 38.5 Å². The molecule has 0 unspecified atom stereocenters. The van der Waals surface area contributed by atoms with Crippen LogP contribution in [-0.4, -0.2) is 23.2 Å². The predicted molar refractivity (Wildman–Crippen MR) is 108 cm³/mol. The third-order valence-corrected chi connectivity index (χ3v) is 5.49. The lowest BCUT2D eigenvalue weighted by Crippen LogP contribution is -2.13. The lowest BCUT2D eigenvalue weighted by molar-refractivity contribution is -0.116. The van der Waals surface area contributed by atoms with E-state index in [1.165, 1.54) is 25.7 Å². The van der Waals surface area contributed by atoms with E-state index in [4.69, 9.17) is 4.74 Å². The average Bonchev–Trinajstić information content (AvgIpc) is 3.36. The zero-order chi connectivity index (χ0) is 18.6. The van der Waals surface area contributed by atoms with Crippen molar-refractivity contribution in [3.63, 3.8) is 0 Å². The molecule has 3 aromatic rings. The molecule has 1 aliphatic carbocycles. The summed E-state index contributed by atoms with van der Waals surface area (Å²) >= 11 is 0. The van der Waals surface area contributed by atoms with E-state index in [9.17, 15) is 4.79 Å². The minimum atomic E-state index is 0.0455. The Bertz CT molecular complexity index is 942. The second kappa shape index (κ2) is 7.82. The van der Waals surface area contributed by atoms with Crippen LogP contribution in [0.3, 0.4) is 0 Å². The molecular weight excluding hydrogens is 338 g/mol. The standard InChI is InChI=1S/C22H25N3O2/c1-27-20-9-5-4-8-17(20)16-11-12-18-19(14-16)24-25-22(18)23-21(26)13-10-15-6-2-3-7-15/h4-5,8-9,11-12,14-15H,2-3,6-7,10,13H2,1H3,(H2,23,24,25,26). The fraction of sp³-hybridized carbons (Fsp3) is 0.364. The van der Waals surface area contributed by atoms with Gasteiger partial charge in [-0.25, -0.2) is 0 Å². The van der Waals surface area contributed by atoms with Crippen LogP contribution >= 0.6 is 0 Å². The molecule has 0 bridgehead atoms. The summed E-state index contributed by atoms with van der Waals surface area (Å²) in [7, 11) is 1.67. The number of aromatic nitrogens is 2. The molecule has 1 aromatic heterocycles. The van der Waals surface area contributed by atoms with Crippen molar-refractivity contribution >= 4 is 22.6 Å². The fourth-order valence-electron chi connectivity index (χ4n) is 3.99. The van der Waals surface area contributed by atoms with Crippen LogP contribution in [0.4, 0.5) is 5.82 Å². The van der Waals surface area contributed by atoms with E-state index in [1.807, 2.05) is 42.5 Å². The Labute approximate surface area is 159 Å². The van der Waals surface area contributed by atoms with Crippen molar-refractivity contribution in [3.05, 3.63) is 42.5 Å². The molecule has 0 atom stereocenters. The van der Waals surface area contributed by atoms with Crippen LogP contribution < -0.4 is 10.1 Å².